The van der Waals surface area contributed by atoms with E-state index in [2.05, 4.69) is 15.6 Å². The lowest BCUT2D eigenvalue weighted by Gasteiger charge is -2.25. The predicted molar refractivity (Wildman–Crippen MR) is 100 cm³/mol. The average Bonchev–Trinajstić information content (AvgIpc) is 2.64. The molecule has 0 aliphatic heterocycles. The quantitative estimate of drug-likeness (QED) is 0.689. The third kappa shape index (κ3) is 5.57. The van der Waals surface area contributed by atoms with E-state index in [4.69, 9.17) is 0 Å². The summed E-state index contributed by atoms with van der Waals surface area (Å²) in [5.41, 5.74) is 2.36. The van der Waals surface area contributed by atoms with Crippen LogP contribution in [0.25, 0.3) is 0 Å². The van der Waals surface area contributed by atoms with Crippen LogP contribution in [0.1, 0.15) is 43.2 Å². The van der Waals surface area contributed by atoms with Gasteiger partial charge in [0.25, 0.3) is 5.91 Å². The van der Waals surface area contributed by atoms with Crippen LogP contribution in [0.3, 0.4) is 0 Å². The highest BCUT2D eigenvalue weighted by Gasteiger charge is 2.22. The minimum Gasteiger partial charge on any atom is -0.391 e. The van der Waals surface area contributed by atoms with E-state index in [0.717, 1.165) is 11.4 Å². The number of aliphatic hydroxyl groups excluding tert-OH is 1. The summed E-state index contributed by atoms with van der Waals surface area (Å²) in [4.78, 5) is 16.8. The van der Waals surface area contributed by atoms with E-state index in [-0.39, 0.29) is 17.9 Å². The minimum atomic E-state index is -0.556. The topological polar surface area (TPSA) is 74.2 Å². The summed E-state index contributed by atoms with van der Waals surface area (Å²) in [5.74, 6) is -0.0790. The molecule has 0 fully saturated rings. The van der Waals surface area contributed by atoms with Gasteiger partial charge in [0.2, 0.25) is 0 Å². The fraction of sp³-hybridized carbons (Fsp3) is 0.400. The van der Waals surface area contributed by atoms with E-state index in [9.17, 15) is 9.90 Å². The second kappa shape index (κ2) is 9.18. The van der Waals surface area contributed by atoms with E-state index in [1.165, 1.54) is 0 Å². The van der Waals surface area contributed by atoms with Crippen molar-refractivity contribution in [1.29, 1.82) is 0 Å². The third-order valence-electron chi connectivity index (χ3n) is 4.18. The highest BCUT2D eigenvalue weighted by molar-refractivity contribution is 5.95. The molecule has 2 unspecified atom stereocenters. The SMILES string of the molecule is CCC(NC(=O)c1cccc(NCc2ccccn2)c1)C(O)C(C)C. The van der Waals surface area contributed by atoms with Crippen molar-refractivity contribution >= 4 is 11.6 Å². The molecule has 1 heterocycles. The summed E-state index contributed by atoms with van der Waals surface area (Å²) in [5, 5.41) is 16.4. The van der Waals surface area contributed by atoms with Crippen molar-refractivity contribution in [3.05, 3.63) is 59.9 Å². The Hall–Kier alpha value is -2.40. The lowest BCUT2D eigenvalue weighted by atomic mass is 9.97. The molecule has 5 heteroatoms. The Morgan fingerprint density at radius 1 is 1.20 bits per heavy atom. The molecule has 25 heavy (non-hydrogen) atoms. The number of nitrogens with one attached hydrogen (secondary N) is 2. The summed E-state index contributed by atoms with van der Waals surface area (Å²) in [7, 11) is 0. The van der Waals surface area contributed by atoms with Crippen LogP contribution < -0.4 is 10.6 Å². The molecule has 0 saturated carbocycles. The summed E-state index contributed by atoms with van der Waals surface area (Å²) < 4.78 is 0. The molecule has 0 bridgehead atoms. The number of pyridine rings is 1. The molecule has 0 spiro atoms. The smallest absolute Gasteiger partial charge is 0.251 e. The Morgan fingerprint density at radius 3 is 2.64 bits per heavy atom. The molecular formula is C20H27N3O2. The lowest BCUT2D eigenvalue weighted by Crippen LogP contribution is -2.45. The number of hydrogen-bond donors (Lipinski definition) is 3. The van der Waals surface area contributed by atoms with Gasteiger partial charge in [0.1, 0.15) is 0 Å². The zero-order chi connectivity index (χ0) is 18.2. The molecule has 1 amide bonds. The molecule has 5 nitrogen and oxygen atoms in total. The van der Waals surface area contributed by atoms with Crippen molar-refractivity contribution in [3.8, 4) is 0 Å². The molecule has 1 aromatic carbocycles. The zero-order valence-corrected chi connectivity index (χ0v) is 15.1. The first kappa shape index (κ1) is 18.9. The maximum absolute atomic E-state index is 12.5. The monoisotopic (exact) mass is 341 g/mol. The number of rotatable bonds is 8. The summed E-state index contributed by atoms with van der Waals surface area (Å²) in [6.07, 6.45) is 1.88. The van der Waals surface area contributed by atoms with Gasteiger partial charge in [-0.05, 0) is 42.7 Å². The van der Waals surface area contributed by atoms with E-state index in [1.807, 2.05) is 57.2 Å². The van der Waals surface area contributed by atoms with Gasteiger partial charge < -0.3 is 15.7 Å². The maximum atomic E-state index is 12.5. The van der Waals surface area contributed by atoms with Crippen molar-refractivity contribution in [2.24, 2.45) is 5.92 Å². The van der Waals surface area contributed by atoms with Crippen molar-refractivity contribution in [2.75, 3.05) is 5.32 Å². The van der Waals surface area contributed by atoms with Crippen LogP contribution in [0, 0.1) is 5.92 Å². The van der Waals surface area contributed by atoms with Crippen molar-refractivity contribution in [2.45, 2.75) is 45.9 Å². The number of aromatic nitrogens is 1. The van der Waals surface area contributed by atoms with Crippen molar-refractivity contribution in [3.63, 3.8) is 0 Å². The molecule has 1 aromatic heterocycles. The summed E-state index contributed by atoms with van der Waals surface area (Å²) in [6, 6.07) is 12.9. The molecule has 0 aliphatic rings. The Bertz CT molecular complexity index is 674. The Balaban J connectivity index is 2.00. The largest absolute Gasteiger partial charge is 0.391 e. The summed E-state index contributed by atoms with van der Waals surface area (Å²) in [6.45, 7) is 6.44. The number of anilines is 1. The Labute approximate surface area is 149 Å². The van der Waals surface area contributed by atoms with Gasteiger partial charge in [-0.15, -0.1) is 0 Å². The molecular weight excluding hydrogens is 314 g/mol. The number of amides is 1. The third-order valence-corrected chi connectivity index (χ3v) is 4.18. The molecule has 0 saturated heterocycles. The molecule has 134 valence electrons. The number of aliphatic hydroxyl groups is 1. The van der Waals surface area contributed by atoms with Gasteiger partial charge in [-0.25, -0.2) is 0 Å². The van der Waals surface area contributed by atoms with Crippen molar-refractivity contribution < 1.29 is 9.90 Å². The van der Waals surface area contributed by atoms with E-state index in [1.54, 1.807) is 12.3 Å². The number of carbonyl (C=O) groups excluding carboxylic acids is 1. The fourth-order valence-electron chi connectivity index (χ4n) is 2.61. The van der Waals surface area contributed by atoms with Gasteiger partial charge in [-0.1, -0.05) is 32.9 Å². The second-order valence-corrected chi connectivity index (χ2v) is 6.48. The van der Waals surface area contributed by atoms with E-state index in [0.29, 0.717) is 18.5 Å². The van der Waals surface area contributed by atoms with Crippen LogP contribution in [0.2, 0.25) is 0 Å². The van der Waals surface area contributed by atoms with Gasteiger partial charge in [-0.2, -0.15) is 0 Å². The van der Waals surface area contributed by atoms with Crippen LogP contribution in [0.5, 0.6) is 0 Å². The van der Waals surface area contributed by atoms with Gasteiger partial charge in [0.05, 0.1) is 24.4 Å². The van der Waals surface area contributed by atoms with E-state index < -0.39 is 6.10 Å². The lowest BCUT2D eigenvalue weighted by molar-refractivity contribution is 0.0678. The highest BCUT2D eigenvalue weighted by Crippen LogP contribution is 2.14. The van der Waals surface area contributed by atoms with Crippen LogP contribution in [-0.2, 0) is 6.54 Å². The molecule has 2 aromatic rings. The summed E-state index contributed by atoms with van der Waals surface area (Å²) >= 11 is 0. The van der Waals surface area contributed by atoms with E-state index >= 15 is 0 Å². The van der Waals surface area contributed by atoms with Crippen LogP contribution in [0.4, 0.5) is 5.69 Å². The molecule has 0 aliphatic carbocycles. The maximum Gasteiger partial charge on any atom is 0.251 e. The van der Waals surface area contributed by atoms with Crippen LogP contribution >= 0.6 is 0 Å². The van der Waals surface area contributed by atoms with Crippen LogP contribution in [-0.4, -0.2) is 28.1 Å². The number of hydrogen-bond acceptors (Lipinski definition) is 4. The number of benzene rings is 1. The van der Waals surface area contributed by atoms with Gasteiger partial charge in [0.15, 0.2) is 0 Å². The standard InChI is InChI=1S/C20H27N3O2/c1-4-18(19(24)14(2)3)23-20(25)15-8-7-10-16(12-15)22-13-17-9-5-6-11-21-17/h5-12,14,18-19,22,24H,4,13H2,1-3H3,(H,23,25). The van der Waals surface area contributed by atoms with Gasteiger partial charge in [-0.3, -0.25) is 9.78 Å². The molecule has 0 radical (unpaired) electrons. The first-order chi connectivity index (χ1) is 12.0. The fourth-order valence-corrected chi connectivity index (χ4v) is 2.61. The minimum absolute atomic E-state index is 0.0941. The second-order valence-electron chi connectivity index (χ2n) is 6.48. The first-order valence-electron chi connectivity index (χ1n) is 8.74. The predicted octanol–water partition coefficient (Wildman–Crippen LogP) is 3.22. The Morgan fingerprint density at radius 2 is 2.00 bits per heavy atom. The Kier molecular flexibility index (Phi) is 6.95. The first-order valence-corrected chi connectivity index (χ1v) is 8.74. The van der Waals surface area contributed by atoms with Crippen molar-refractivity contribution in [1.82, 2.24) is 10.3 Å². The molecule has 3 N–H and O–H groups in total. The van der Waals surface area contributed by atoms with Crippen LogP contribution in [0.15, 0.2) is 48.7 Å². The average molecular weight is 341 g/mol. The molecule has 2 rings (SSSR count). The number of nitrogens with zero attached hydrogens (tertiary/aromatic N) is 1. The number of carbonyl (C=O) groups is 1. The van der Waals surface area contributed by atoms with Gasteiger partial charge >= 0.3 is 0 Å². The highest BCUT2D eigenvalue weighted by atomic mass is 16.3. The zero-order valence-electron chi connectivity index (χ0n) is 15.1. The molecule has 2 atom stereocenters. The normalized spacial score (nSPS) is 13.3. The van der Waals surface area contributed by atoms with Gasteiger partial charge in [0, 0.05) is 17.4 Å².